The molecule has 2 atom stereocenters. The molecule has 0 aromatic heterocycles. The Morgan fingerprint density at radius 1 is 0.833 bits per heavy atom. The Balaban J connectivity index is 1.68. The fraction of sp³-hybridized carbons (Fsp3) is 0.258. The highest BCUT2D eigenvalue weighted by Crippen LogP contribution is 2.34. The average Bonchev–Trinajstić information content (AvgIpc) is 2.87. The summed E-state index contributed by atoms with van der Waals surface area (Å²) in [6.07, 6.45) is -0.314. The standard InChI is InChI=1S/C31H32FNO3/c1-19(2)36-31(34)28-14-13-24(18-30(28)32)29-17-25(15-23-9-6-7-12-27(23)29)21(4)33-20(3)22-10-8-11-26(16-22)35-5/h6-21,33H,1-5H3/t20-,21?/m1/s1. The van der Waals surface area contributed by atoms with Gasteiger partial charge in [-0.2, -0.15) is 0 Å². The second kappa shape index (κ2) is 10.9. The molecule has 186 valence electrons. The lowest BCUT2D eigenvalue weighted by molar-refractivity contribution is 0.0372. The fourth-order valence-electron chi connectivity index (χ4n) is 4.43. The molecule has 0 aliphatic heterocycles. The van der Waals surface area contributed by atoms with Gasteiger partial charge in [-0.25, -0.2) is 9.18 Å². The van der Waals surface area contributed by atoms with E-state index in [1.165, 1.54) is 12.1 Å². The van der Waals surface area contributed by atoms with Gasteiger partial charge in [-0.3, -0.25) is 0 Å². The van der Waals surface area contributed by atoms with Gasteiger partial charge in [-0.1, -0.05) is 42.5 Å². The molecule has 0 heterocycles. The van der Waals surface area contributed by atoms with E-state index in [0.717, 1.165) is 33.2 Å². The van der Waals surface area contributed by atoms with E-state index in [9.17, 15) is 9.18 Å². The first-order valence-electron chi connectivity index (χ1n) is 12.2. The molecular formula is C31H32FNO3. The second-order valence-electron chi connectivity index (χ2n) is 9.32. The van der Waals surface area contributed by atoms with Gasteiger partial charge < -0.3 is 14.8 Å². The van der Waals surface area contributed by atoms with Crippen LogP contribution in [0, 0.1) is 5.82 Å². The molecule has 5 heteroatoms. The fourth-order valence-corrected chi connectivity index (χ4v) is 4.43. The van der Waals surface area contributed by atoms with E-state index < -0.39 is 11.8 Å². The van der Waals surface area contributed by atoms with Crippen LogP contribution in [0.25, 0.3) is 21.9 Å². The van der Waals surface area contributed by atoms with Crippen molar-refractivity contribution in [3.05, 3.63) is 101 Å². The lowest BCUT2D eigenvalue weighted by atomic mass is 9.92. The number of rotatable bonds is 8. The van der Waals surface area contributed by atoms with Crippen molar-refractivity contribution in [3.63, 3.8) is 0 Å². The molecule has 0 bridgehead atoms. The van der Waals surface area contributed by atoms with Gasteiger partial charge in [0.1, 0.15) is 11.6 Å². The third kappa shape index (κ3) is 5.58. The van der Waals surface area contributed by atoms with Gasteiger partial charge in [0.25, 0.3) is 0 Å². The number of hydrogen-bond donors (Lipinski definition) is 1. The number of methoxy groups -OCH3 is 1. The summed E-state index contributed by atoms with van der Waals surface area (Å²) >= 11 is 0. The number of hydrogen-bond acceptors (Lipinski definition) is 4. The minimum absolute atomic E-state index is 0.0275. The molecule has 0 spiro atoms. The zero-order valence-corrected chi connectivity index (χ0v) is 21.3. The molecule has 0 aliphatic carbocycles. The van der Waals surface area contributed by atoms with Crippen LogP contribution in [-0.2, 0) is 4.74 Å². The Kier molecular flexibility index (Phi) is 7.70. The molecule has 0 saturated heterocycles. The molecule has 0 fully saturated rings. The van der Waals surface area contributed by atoms with Gasteiger partial charge in [-0.05, 0) is 97.1 Å². The summed E-state index contributed by atoms with van der Waals surface area (Å²) < 4.78 is 25.5. The van der Waals surface area contributed by atoms with Crippen LogP contribution in [0.15, 0.2) is 78.9 Å². The van der Waals surface area contributed by atoms with Crippen LogP contribution >= 0.6 is 0 Å². The summed E-state index contributed by atoms with van der Waals surface area (Å²) in [6.45, 7) is 7.73. The van der Waals surface area contributed by atoms with E-state index in [0.29, 0.717) is 5.56 Å². The number of ether oxygens (including phenoxy) is 2. The summed E-state index contributed by atoms with van der Waals surface area (Å²) in [6, 6.07) is 25.2. The summed E-state index contributed by atoms with van der Waals surface area (Å²) in [4.78, 5) is 12.3. The van der Waals surface area contributed by atoms with Gasteiger partial charge in [0.2, 0.25) is 0 Å². The monoisotopic (exact) mass is 485 g/mol. The molecule has 0 aliphatic rings. The largest absolute Gasteiger partial charge is 0.497 e. The first kappa shape index (κ1) is 25.4. The van der Waals surface area contributed by atoms with E-state index in [2.05, 4.69) is 43.4 Å². The summed E-state index contributed by atoms with van der Waals surface area (Å²) in [5, 5.41) is 5.76. The third-order valence-electron chi connectivity index (χ3n) is 6.32. The molecule has 0 radical (unpaired) electrons. The lowest BCUT2D eigenvalue weighted by Crippen LogP contribution is -2.22. The number of halogens is 1. The van der Waals surface area contributed by atoms with Crippen molar-refractivity contribution < 1.29 is 18.7 Å². The van der Waals surface area contributed by atoms with Crippen LogP contribution in [0.1, 0.15) is 61.3 Å². The third-order valence-corrected chi connectivity index (χ3v) is 6.32. The van der Waals surface area contributed by atoms with E-state index in [-0.39, 0.29) is 23.8 Å². The van der Waals surface area contributed by atoms with Gasteiger partial charge in [0.05, 0.1) is 18.8 Å². The van der Waals surface area contributed by atoms with Crippen LogP contribution < -0.4 is 10.1 Å². The molecular weight excluding hydrogens is 453 g/mol. The number of nitrogens with one attached hydrogen (secondary N) is 1. The first-order valence-corrected chi connectivity index (χ1v) is 12.2. The minimum Gasteiger partial charge on any atom is -0.497 e. The Morgan fingerprint density at radius 3 is 2.31 bits per heavy atom. The van der Waals surface area contributed by atoms with Crippen molar-refractivity contribution in [2.45, 2.75) is 45.9 Å². The molecule has 0 saturated carbocycles. The summed E-state index contributed by atoms with van der Waals surface area (Å²) in [5.74, 6) is -0.424. The molecule has 4 nitrogen and oxygen atoms in total. The van der Waals surface area contributed by atoms with Gasteiger partial charge >= 0.3 is 5.97 Å². The van der Waals surface area contributed by atoms with Crippen molar-refractivity contribution in [2.24, 2.45) is 0 Å². The van der Waals surface area contributed by atoms with Gasteiger partial charge in [0, 0.05) is 12.1 Å². The highest BCUT2D eigenvalue weighted by molar-refractivity contribution is 5.98. The molecule has 4 rings (SSSR count). The number of fused-ring (bicyclic) bond motifs is 1. The quantitative estimate of drug-likeness (QED) is 0.261. The zero-order chi connectivity index (χ0) is 25.8. The molecule has 4 aromatic rings. The van der Waals surface area contributed by atoms with Crippen molar-refractivity contribution in [1.82, 2.24) is 5.32 Å². The van der Waals surface area contributed by atoms with E-state index in [4.69, 9.17) is 9.47 Å². The maximum Gasteiger partial charge on any atom is 0.341 e. The topological polar surface area (TPSA) is 47.6 Å². The number of benzene rings is 4. The first-order chi connectivity index (χ1) is 17.3. The van der Waals surface area contributed by atoms with Gasteiger partial charge in [0.15, 0.2) is 0 Å². The molecule has 36 heavy (non-hydrogen) atoms. The smallest absolute Gasteiger partial charge is 0.341 e. The maximum atomic E-state index is 15.0. The number of carbonyl (C=O) groups is 1. The van der Waals surface area contributed by atoms with Gasteiger partial charge in [-0.15, -0.1) is 0 Å². The average molecular weight is 486 g/mol. The highest BCUT2D eigenvalue weighted by atomic mass is 19.1. The van der Waals surface area contributed by atoms with E-state index in [1.807, 2.05) is 36.4 Å². The molecule has 1 N–H and O–H groups in total. The van der Waals surface area contributed by atoms with Crippen LogP contribution in [0.4, 0.5) is 4.39 Å². The Labute approximate surface area is 212 Å². The van der Waals surface area contributed by atoms with Crippen molar-refractivity contribution >= 4 is 16.7 Å². The van der Waals surface area contributed by atoms with Crippen LogP contribution in [0.5, 0.6) is 5.75 Å². The molecule has 4 aromatic carbocycles. The lowest BCUT2D eigenvalue weighted by Gasteiger charge is -2.22. The van der Waals surface area contributed by atoms with E-state index in [1.54, 1.807) is 27.0 Å². The van der Waals surface area contributed by atoms with Crippen molar-refractivity contribution in [2.75, 3.05) is 7.11 Å². The van der Waals surface area contributed by atoms with Crippen LogP contribution in [0.3, 0.4) is 0 Å². The van der Waals surface area contributed by atoms with E-state index >= 15 is 0 Å². The highest BCUT2D eigenvalue weighted by Gasteiger charge is 2.18. The number of carbonyl (C=O) groups excluding carboxylic acids is 1. The second-order valence-corrected chi connectivity index (χ2v) is 9.32. The Bertz CT molecular complexity index is 1380. The maximum absolute atomic E-state index is 15.0. The predicted octanol–water partition coefficient (Wildman–Crippen LogP) is 7.63. The van der Waals surface area contributed by atoms with Crippen molar-refractivity contribution in [3.8, 4) is 16.9 Å². The Hall–Kier alpha value is -3.70. The molecule has 1 unspecified atom stereocenters. The SMILES string of the molecule is COc1cccc([C@@H](C)NC(C)c2cc(-c3ccc(C(=O)OC(C)C)c(F)c3)c3ccccc3c2)c1. The minimum atomic E-state index is -0.656. The van der Waals surface area contributed by atoms with Crippen molar-refractivity contribution in [1.29, 1.82) is 0 Å². The summed E-state index contributed by atoms with van der Waals surface area (Å²) in [7, 11) is 1.67. The molecule has 0 amide bonds. The van der Waals surface area contributed by atoms with Crippen LogP contribution in [-0.4, -0.2) is 19.2 Å². The Morgan fingerprint density at radius 2 is 1.58 bits per heavy atom. The zero-order valence-electron chi connectivity index (χ0n) is 21.3. The summed E-state index contributed by atoms with van der Waals surface area (Å²) in [5.41, 5.74) is 3.78. The normalized spacial score (nSPS) is 13.0. The number of esters is 1. The predicted molar refractivity (Wildman–Crippen MR) is 143 cm³/mol. The van der Waals surface area contributed by atoms with Crippen LogP contribution in [0.2, 0.25) is 0 Å².